The van der Waals surface area contributed by atoms with Gasteiger partial charge in [0, 0.05) is 43.5 Å². The average Bonchev–Trinajstić information content (AvgIpc) is 2.68. The molecule has 0 aliphatic heterocycles. The van der Waals surface area contributed by atoms with Gasteiger partial charge in [-0.3, -0.25) is 9.88 Å². The van der Waals surface area contributed by atoms with Crippen molar-refractivity contribution in [2.75, 3.05) is 13.1 Å². The average molecular weight is 352 g/mol. The van der Waals surface area contributed by atoms with Crippen LogP contribution in [0.1, 0.15) is 16.8 Å². The Bertz CT molecular complexity index is 763. The van der Waals surface area contributed by atoms with Gasteiger partial charge in [0.1, 0.15) is 11.6 Å². The van der Waals surface area contributed by atoms with E-state index in [1.54, 1.807) is 6.20 Å². The zero-order valence-electron chi connectivity index (χ0n) is 14.6. The van der Waals surface area contributed by atoms with Gasteiger partial charge in [-0.1, -0.05) is 36.4 Å². The largest absolute Gasteiger partial charge is 0.298 e. The Balaban J connectivity index is 1.68. The molecule has 0 N–H and O–H groups in total. The van der Waals surface area contributed by atoms with E-state index in [0.717, 1.165) is 37.7 Å². The van der Waals surface area contributed by atoms with Gasteiger partial charge in [-0.15, -0.1) is 0 Å². The van der Waals surface area contributed by atoms with Crippen molar-refractivity contribution in [3.05, 3.63) is 101 Å². The number of hydrogen-bond acceptors (Lipinski definition) is 2. The molecular formula is C22H22F2N2. The molecule has 1 heterocycles. The molecule has 0 radical (unpaired) electrons. The van der Waals surface area contributed by atoms with Gasteiger partial charge in [0.2, 0.25) is 0 Å². The summed E-state index contributed by atoms with van der Waals surface area (Å²) in [4.78, 5) is 6.50. The summed E-state index contributed by atoms with van der Waals surface area (Å²) in [5, 5.41) is 0. The van der Waals surface area contributed by atoms with Crippen molar-refractivity contribution in [3.8, 4) is 0 Å². The van der Waals surface area contributed by atoms with E-state index in [2.05, 4.69) is 22.0 Å². The summed E-state index contributed by atoms with van der Waals surface area (Å²) < 4.78 is 27.6. The monoisotopic (exact) mass is 352 g/mol. The van der Waals surface area contributed by atoms with E-state index in [0.29, 0.717) is 12.1 Å². The maximum absolute atomic E-state index is 14.1. The number of hydrogen-bond donors (Lipinski definition) is 0. The standard InChI is InChI=1S/C22H22F2N2/c23-20-9-10-22(24)19(16-20)17-26(14-11-18-6-2-1-3-7-18)15-12-21-8-4-5-13-25-21/h1-10,13,16H,11-12,14-15,17H2. The van der Waals surface area contributed by atoms with E-state index in [4.69, 9.17) is 0 Å². The van der Waals surface area contributed by atoms with Gasteiger partial charge in [0.15, 0.2) is 0 Å². The summed E-state index contributed by atoms with van der Waals surface area (Å²) in [7, 11) is 0. The predicted octanol–water partition coefficient (Wildman–Crippen LogP) is 4.65. The van der Waals surface area contributed by atoms with Crippen LogP contribution in [0.25, 0.3) is 0 Å². The second-order valence-electron chi connectivity index (χ2n) is 6.32. The van der Waals surface area contributed by atoms with Crippen molar-refractivity contribution in [1.29, 1.82) is 0 Å². The van der Waals surface area contributed by atoms with E-state index >= 15 is 0 Å². The van der Waals surface area contributed by atoms with Crippen LogP contribution in [0.5, 0.6) is 0 Å². The fraction of sp³-hybridized carbons (Fsp3) is 0.227. The van der Waals surface area contributed by atoms with Gasteiger partial charge in [0.25, 0.3) is 0 Å². The quantitative estimate of drug-likeness (QED) is 0.587. The maximum Gasteiger partial charge on any atom is 0.127 e. The third kappa shape index (κ3) is 5.46. The Kier molecular flexibility index (Phi) is 6.45. The molecule has 134 valence electrons. The van der Waals surface area contributed by atoms with E-state index in [-0.39, 0.29) is 5.82 Å². The molecule has 0 amide bonds. The minimum Gasteiger partial charge on any atom is -0.298 e. The topological polar surface area (TPSA) is 16.1 Å². The molecule has 3 aromatic rings. The first kappa shape index (κ1) is 18.2. The minimum atomic E-state index is -0.408. The molecule has 0 aliphatic carbocycles. The van der Waals surface area contributed by atoms with Crippen LogP contribution in [0.2, 0.25) is 0 Å². The van der Waals surface area contributed by atoms with Crippen LogP contribution in [0, 0.1) is 11.6 Å². The van der Waals surface area contributed by atoms with Gasteiger partial charge < -0.3 is 0 Å². The number of pyridine rings is 1. The second-order valence-corrected chi connectivity index (χ2v) is 6.32. The number of aromatic nitrogens is 1. The highest BCUT2D eigenvalue weighted by atomic mass is 19.1. The lowest BCUT2D eigenvalue weighted by atomic mass is 10.1. The highest BCUT2D eigenvalue weighted by Crippen LogP contribution is 2.14. The molecule has 1 aromatic heterocycles. The zero-order chi connectivity index (χ0) is 18.2. The Morgan fingerprint density at radius 1 is 0.808 bits per heavy atom. The summed E-state index contributed by atoms with van der Waals surface area (Å²) in [6.07, 6.45) is 3.41. The molecule has 0 saturated carbocycles. The summed E-state index contributed by atoms with van der Waals surface area (Å²) in [5.74, 6) is -0.775. The van der Waals surface area contributed by atoms with Crippen LogP contribution >= 0.6 is 0 Å². The third-order valence-electron chi connectivity index (χ3n) is 4.37. The molecular weight excluding hydrogens is 330 g/mol. The Hall–Kier alpha value is -2.59. The van der Waals surface area contributed by atoms with Crippen LogP contribution in [0.3, 0.4) is 0 Å². The van der Waals surface area contributed by atoms with Crippen molar-refractivity contribution in [1.82, 2.24) is 9.88 Å². The molecule has 3 rings (SSSR count). The van der Waals surface area contributed by atoms with Crippen molar-refractivity contribution in [2.45, 2.75) is 19.4 Å². The number of benzene rings is 2. The third-order valence-corrected chi connectivity index (χ3v) is 4.37. The summed E-state index contributed by atoms with van der Waals surface area (Å²) in [6, 6.07) is 19.6. The maximum atomic E-state index is 14.1. The van der Waals surface area contributed by atoms with Gasteiger partial charge in [-0.05, 0) is 42.3 Å². The van der Waals surface area contributed by atoms with Gasteiger partial charge >= 0.3 is 0 Å². The van der Waals surface area contributed by atoms with Gasteiger partial charge in [-0.2, -0.15) is 0 Å². The lowest BCUT2D eigenvalue weighted by molar-refractivity contribution is 0.267. The molecule has 2 nitrogen and oxygen atoms in total. The lowest BCUT2D eigenvalue weighted by Gasteiger charge is -2.23. The first-order valence-corrected chi connectivity index (χ1v) is 8.81. The molecule has 0 atom stereocenters. The summed E-state index contributed by atoms with van der Waals surface area (Å²) in [5.41, 5.74) is 2.62. The highest BCUT2D eigenvalue weighted by molar-refractivity contribution is 5.19. The van der Waals surface area contributed by atoms with Crippen molar-refractivity contribution in [3.63, 3.8) is 0 Å². The molecule has 4 heteroatoms. The van der Waals surface area contributed by atoms with Crippen LogP contribution in [0.15, 0.2) is 72.9 Å². The minimum absolute atomic E-state index is 0.367. The van der Waals surface area contributed by atoms with Gasteiger partial charge in [-0.25, -0.2) is 8.78 Å². The van der Waals surface area contributed by atoms with Crippen LogP contribution in [0.4, 0.5) is 8.78 Å². The summed E-state index contributed by atoms with van der Waals surface area (Å²) in [6.45, 7) is 1.88. The van der Waals surface area contributed by atoms with E-state index in [9.17, 15) is 8.78 Å². The van der Waals surface area contributed by atoms with Crippen molar-refractivity contribution >= 4 is 0 Å². The van der Waals surface area contributed by atoms with Crippen molar-refractivity contribution in [2.24, 2.45) is 0 Å². The molecule has 2 aromatic carbocycles. The highest BCUT2D eigenvalue weighted by Gasteiger charge is 2.11. The Morgan fingerprint density at radius 2 is 1.58 bits per heavy atom. The number of nitrogens with zero attached hydrogens (tertiary/aromatic N) is 2. The lowest BCUT2D eigenvalue weighted by Crippen LogP contribution is -2.28. The first-order chi connectivity index (χ1) is 12.7. The Morgan fingerprint density at radius 3 is 2.35 bits per heavy atom. The molecule has 0 unspecified atom stereocenters. The van der Waals surface area contributed by atoms with E-state index in [1.165, 1.54) is 17.7 Å². The van der Waals surface area contributed by atoms with Gasteiger partial charge in [0.05, 0.1) is 0 Å². The molecule has 0 bridgehead atoms. The molecule has 26 heavy (non-hydrogen) atoms. The smallest absolute Gasteiger partial charge is 0.127 e. The first-order valence-electron chi connectivity index (χ1n) is 8.81. The normalized spacial score (nSPS) is 11.0. The van der Waals surface area contributed by atoms with Crippen LogP contribution in [-0.4, -0.2) is 23.0 Å². The number of rotatable bonds is 8. The van der Waals surface area contributed by atoms with Crippen molar-refractivity contribution < 1.29 is 8.78 Å². The second kappa shape index (κ2) is 9.20. The molecule has 0 fully saturated rings. The zero-order valence-corrected chi connectivity index (χ0v) is 14.6. The predicted molar refractivity (Wildman–Crippen MR) is 99.7 cm³/mol. The number of halogens is 2. The molecule has 0 spiro atoms. The fourth-order valence-corrected chi connectivity index (χ4v) is 2.93. The Labute approximate surface area is 153 Å². The van der Waals surface area contributed by atoms with Crippen LogP contribution < -0.4 is 0 Å². The molecule has 0 saturated heterocycles. The van der Waals surface area contributed by atoms with E-state index < -0.39 is 5.82 Å². The fourth-order valence-electron chi connectivity index (χ4n) is 2.93. The summed E-state index contributed by atoms with van der Waals surface area (Å²) >= 11 is 0. The van der Waals surface area contributed by atoms with E-state index in [1.807, 2.05) is 36.4 Å². The molecule has 0 aliphatic rings. The van der Waals surface area contributed by atoms with Crippen LogP contribution in [-0.2, 0) is 19.4 Å². The SMILES string of the molecule is Fc1ccc(F)c(CN(CCc2ccccc2)CCc2ccccn2)c1.